The van der Waals surface area contributed by atoms with Crippen LogP contribution in [0.15, 0.2) is 77.0 Å². The Morgan fingerprint density at radius 2 is 0.973 bits per heavy atom. The molecule has 0 unspecified atom stereocenters. The van der Waals surface area contributed by atoms with Gasteiger partial charge in [0, 0.05) is 80.7 Å². The number of fused-ring (bicyclic) bond motifs is 5. The quantitative estimate of drug-likeness (QED) is 0.00766. The summed E-state index contributed by atoms with van der Waals surface area (Å²) in [6, 6.07) is 10.4. The standard InChI is InChI=1S/2C11H17N5O.C9H11ClN4.C6H5ClN4.C6H6N4O.C5H11I.C4H6N4O.C4H9.C3H8O.C3H6O.C2H3ClO.Cl3OP.2ClH.3HI.V/c2*1-4-6-13-11-14-9-8(5-7-12-9)10(15-11)16(2)17-3;1-2-4-12-9-13-7(10)6-3-5-11-8(6)14-9;7-4-3-1-2-9-5(3)11-6(8)10-4;7-6-9-4-3(1-2-8-4)5(11)10-6;1-4-5(2,3)6;5-2-1-3(9)8-4(6)7-2;1-4(2)3;1-3-4-2;1-2-3-4;3-1-2-4;1-5(2,3)4;;;;;;/h2*5,7H,4,6H2,1-3H3,(H2,12,13,14,15);3,5H,2,4H2,1H3,(H2,11,12,13,14);1-2H,(H3,8,9,10,11);1-2H,(H4,7,8,9,10,11);4H2,1-3H3;1H,(H5,5,6,7,8,9);1-3H3;3H2,1-2H3;3H,2H2,1H3;2H,1H2;;5*1H;/q;;;;;;;-1;;;;;;;;;;+3/p-2. The number of alkyl halides is 2. The minimum absolute atomic E-state index is 0. The molecule has 0 saturated carbocycles. The first kappa shape index (κ1) is 114. The number of carbonyl (C=O) groups excluding carboxylic acids is 2. The summed E-state index contributed by atoms with van der Waals surface area (Å²) < 4.78 is 14.6. The minimum atomic E-state index is -3.22. The fourth-order valence-electron chi connectivity index (χ4n) is 6.80. The third-order valence-electron chi connectivity index (χ3n) is 11.9. The molecule has 630 valence electrons. The number of methoxy groups -OCH3 is 1. The van der Waals surface area contributed by atoms with Crippen molar-refractivity contribution in [1.29, 1.82) is 0 Å². The number of nitrogens with zero attached hydrogens (tertiary/aromatic N) is 11. The van der Waals surface area contributed by atoms with Crippen LogP contribution in [0, 0.1) is 5.92 Å². The van der Waals surface area contributed by atoms with Gasteiger partial charge in [-0.2, -0.15) is 55.7 Å². The Balaban J connectivity index is -0.000000583. The number of halogens is 12. The number of hydrogen-bond donors (Lipinski definition) is 14. The molecule has 0 spiro atoms. The average molecular weight is 2240 g/mol. The Bertz CT molecular complexity index is 4340. The van der Waals surface area contributed by atoms with Gasteiger partial charge in [0.25, 0.3) is 11.1 Å². The van der Waals surface area contributed by atoms with Crippen LogP contribution in [0.25, 0.3) is 55.2 Å². The Kier molecular flexibility index (Phi) is 66.2. The Morgan fingerprint density at radius 3 is 1.37 bits per heavy atom. The molecule has 11 heterocycles. The summed E-state index contributed by atoms with van der Waals surface area (Å²) in [4.78, 5) is 109. The number of aldehydes is 2. The van der Waals surface area contributed by atoms with Gasteiger partial charge in [-0.25, -0.2) is 24.9 Å². The number of carbonyl (C=O) groups is 2. The number of nitrogen functional groups attached to an aromatic ring is 4. The van der Waals surface area contributed by atoms with E-state index in [-0.39, 0.29) is 70.4 Å². The third-order valence-corrected chi connectivity index (χ3v) is 13.4. The number of ether oxygens (including phenoxy) is 1. The van der Waals surface area contributed by atoms with Crippen molar-refractivity contribution in [2.75, 3.05) is 117 Å². The molecule has 19 N–H and O–H groups in total. The number of aromatic amines is 8. The zero-order chi connectivity index (χ0) is 84.1. The van der Waals surface area contributed by atoms with E-state index >= 15 is 0 Å². The molecule has 34 nitrogen and oxygen atoms in total. The molecule has 0 aromatic carbocycles. The van der Waals surface area contributed by atoms with Gasteiger partial charge in [0.05, 0.1) is 60.6 Å². The van der Waals surface area contributed by atoms with Crippen LogP contribution in [0.4, 0.5) is 53.1 Å². The third kappa shape index (κ3) is 52.8. The van der Waals surface area contributed by atoms with E-state index in [9.17, 15) is 18.9 Å². The van der Waals surface area contributed by atoms with Gasteiger partial charge in [-0.05, 0) is 96.7 Å². The molecule has 0 amide bonds. The van der Waals surface area contributed by atoms with E-state index in [0.717, 1.165) is 114 Å². The summed E-state index contributed by atoms with van der Waals surface area (Å²) in [6.07, 6.45) is 15.4. The fraction of sp³-hybridized carbons (Fsp3) is 0.422. The molecule has 11 aromatic heterocycles. The first-order chi connectivity index (χ1) is 51.8. The monoisotopic (exact) mass is 2230 g/mol. The van der Waals surface area contributed by atoms with Crippen molar-refractivity contribution in [2.45, 2.75) is 112 Å². The van der Waals surface area contributed by atoms with Crippen LogP contribution in [0.2, 0.25) is 10.3 Å². The van der Waals surface area contributed by atoms with Gasteiger partial charge in [0.2, 0.25) is 41.2 Å². The zero-order valence-corrected chi connectivity index (χ0v) is 81.7. The van der Waals surface area contributed by atoms with Gasteiger partial charge in [0.1, 0.15) is 51.3 Å². The van der Waals surface area contributed by atoms with Crippen molar-refractivity contribution in [3.63, 3.8) is 0 Å². The maximum absolute atomic E-state index is 11.1. The van der Waals surface area contributed by atoms with E-state index in [1.807, 2.05) is 58.5 Å². The topological polar surface area (TPSA) is 500 Å². The van der Waals surface area contributed by atoms with Gasteiger partial charge in [0.15, 0.2) is 5.82 Å². The molecule has 0 aliphatic heterocycles. The molecule has 11 rings (SSSR count). The Labute approximate surface area is 744 Å². The fourth-order valence-corrected chi connectivity index (χ4v) is 7.27. The summed E-state index contributed by atoms with van der Waals surface area (Å²) in [5, 5.41) is 14.5. The normalized spacial score (nSPS) is 9.96. The Hall–Kier alpha value is -4.75. The molecule has 0 fully saturated rings. The molecule has 0 aliphatic rings. The van der Waals surface area contributed by atoms with Crippen molar-refractivity contribution in [2.24, 2.45) is 0 Å². The molecule has 0 saturated heterocycles. The van der Waals surface area contributed by atoms with E-state index in [1.165, 1.54) is 12.3 Å². The maximum atomic E-state index is 11.1. The number of H-pyrrole nitrogens is 8. The van der Waals surface area contributed by atoms with Crippen molar-refractivity contribution in [3.8, 4) is 0 Å². The number of hydrogen-bond acceptors (Lipinski definition) is 26. The van der Waals surface area contributed by atoms with Gasteiger partial charge in [-0.15, -0.1) is 36.4 Å². The molecular formula is C64H102Cl8I4N26O8PV. The van der Waals surface area contributed by atoms with E-state index in [1.54, 1.807) is 62.2 Å². The summed E-state index contributed by atoms with van der Waals surface area (Å²) >= 11 is 40.2. The van der Waals surface area contributed by atoms with Crippen molar-refractivity contribution in [3.05, 3.63) is 104 Å². The molecule has 48 heteroatoms. The van der Waals surface area contributed by atoms with Gasteiger partial charge >= 0.3 is 76.0 Å². The first-order valence-electron chi connectivity index (χ1n) is 32.9. The second kappa shape index (κ2) is 65.3. The predicted molar refractivity (Wildman–Crippen MR) is 502 cm³/mol. The SMILES string of the molecule is CCC(C)(C)I.CCC=O.CCCNc1nc(Cl)c2cc[nH]c2n1.CCCNc1nc(N(C)OC)c2cc[nH]c2n1.CCCNc1nc2[nH]ccc2c(N(C)OC)[nH+]1.CCOC.C[C-](C)C.Cl.Cl.Nc1cc(=O)[nH]c(N)n1.Nc1nc(Cl)c2cc[nH]c2n1.Nc1nc2[nH]ccc2c(=O)[nH]1.O=CCCl.O=P(Cl)(Cl)Cl.[I][V]([I])[I]. The summed E-state index contributed by atoms with van der Waals surface area (Å²) in [7, 11) is 8.59. The summed E-state index contributed by atoms with van der Waals surface area (Å²) in [5.41, 5.74) is 24.0. The molecule has 112 heavy (non-hydrogen) atoms. The number of rotatable bonds is 17. The molecule has 0 bridgehead atoms. The molecule has 0 atom stereocenters. The zero-order valence-electron chi connectivity index (χ0n) is 64.6. The summed E-state index contributed by atoms with van der Waals surface area (Å²) in [5.74, 6) is 5.56. The number of anilines is 9. The predicted octanol–water partition coefficient (Wildman–Crippen LogP) is 17.6. The van der Waals surface area contributed by atoms with Gasteiger partial charge in [-0.1, -0.05) is 99.2 Å². The van der Waals surface area contributed by atoms with Crippen LogP contribution < -0.4 is 65.1 Å². The van der Waals surface area contributed by atoms with E-state index < -0.39 is 5.20 Å². The Morgan fingerprint density at radius 1 is 0.607 bits per heavy atom. The number of hydroxylamine groups is 2. The van der Waals surface area contributed by atoms with Crippen LogP contribution in [-0.2, 0) is 33.5 Å². The molecule has 0 aliphatic carbocycles. The van der Waals surface area contributed by atoms with Crippen LogP contribution in [0.3, 0.4) is 0 Å². The van der Waals surface area contributed by atoms with E-state index in [4.69, 9.17) is 72.2 Å². The average Bonchev–Trinajstić information content (AvgIpc) is 1.61. The molecular weight excluding hydrogens is 2130 g/mol. The second-order valence-electron chi connectivity index (χ2n) is 22.0. The number of nitrogens with two attached hydrogens (primary N) is 4. The number of aromatic nitrogens is 17. The van der Waals surface area contributed by atoms with Crippen LogP contribution in [0.5, 0.6) is 0 Å². The van der Waals surface area contributed by atoms with Crippen LogP contribution in [-0.4, -0.2) is 163 Å². The van der Waals surface area contributed by atoms with Crippen molar-refractivity contribution >= 4 is 302 Å². The second-order valence-corrected chi connectivity index (χ2v) is 68.0. The van der Waals surface area contributed by atoms with Crippen molar-refractivity contribution in [1.82, 2.24) is 79.7 Å². The van der Waals surface area contributed by atoms with E-state index in [0.29, 0.717) is 55.0 Å². The van der Waals surface area contributed by atoms with Gasteiger partial charge in [-0.3, -0.25) is 34.3 Å². The van der Waals surface area contributed by atoms with Crippen LogP contribution >= 0.6 is 181 Å². The van der Waals surface area contributed by atoms with Crippen molar-refractivity contribution < 1.29 is 38.5 Å². The first-order valence-corrected chi connectivity index (χ1v) is 53.2. The molecule has 0 radical (unpaired) electrons. The van der Waals surface area contributed by atoms with E-state index in [2.05, 4.69) is 284 Å². The number of nitrogens with one attached hydrogen (secondary N) is 11. The summed E-state index contributed by atoms with van der Waals surface area (Å²) in [6.45, 7) is 26.4. The van der Waals surface area contributed by atoms with Crippen LogP contribution in [0.1, 0.15) is 108 Å². The van der Waals surface area contributed by atoms with Gasteiger partial charge < -0.3 is 78.7 Å². The molecule has 11 aromatic rings.